The van der Waals surface area contributed by atoms with Crippen LogP contribution in [0.15, 0.2) is 34.4 Å². The second-order valence-corrected chi connectivity index (χ2v) is 5.14. The SMILES string of the molecule is COC[C@H](C)N=C1NN=C(c2ccccc2F)CS1. The highest BCUT2D eigenvalue weighted by Gasteiger charge is 2.16. The van der Waals surface area contributed by atoms with Gasteiger partial charge in [-0.05, 0) is 13.0 Å². The number of hydrogen-bond acceptors (Lipinski definition) is 4. The Hall–Kier alpha value is -1.40. The highest BCUT2D eigenvalue weighted by atomic mass is 32.2. The van der Waals surface area contributed by atoms with Crippen LogP contribution in [0.25, 0.3) is 0 Å². The molecule has 1 aliphatic rings. The molecule has 0 amide bonds. The number of amidine groups is 1. The van der Waals surface area contributed by atoms with Crippen LogP contribution in [0.3, 0.4) is 0 Å². The van der Waals surface area contributed by atoms with Crippen molar-refractivity contribution in [1.82, 2.24) is 5.43 Å². The van der Waals surface area contributed by atoms with E-state index in [0.717, 1.165) is 5.17 Å². The monoisotopic (exact) mass is 281 g/mol. The molecule has 19 heavy (non-hydrogen) atoms. The van der Waals surface area contributed by atoms with Crippen LogP contribution in [0, 0.1) is 5.82 Å². The Balaban J connectivity index is 2.06. The number of nitrogens with one attached hydrogen (secondary N) is 1. The number of aliphatic imine (C=N–C) groups is 1. The third kappa shape index (κ3) is 3.78. The van der Waals surface area contributed by atoms with Gasteiger partial charge < -0.3 is 4.74 Å². The molecule has 0 saturated carbocycles. The summed E-state index contributed by atoms with van der Waals surface area (Å²) < 4.78 is 18.6. The number of hydrogen-bond donors (Lipinski definition) is 1. The summed E-state index contributed by atoms with van der Waals surface area (Å²) in [7, 11) is 1.65. The number of methoxy groups -OCH3 is 1. The van der Waals surface area contributed by atoms with E-state index in [1.54, 1.807) is 25.3 Å². The van der Waals surface area contributed by atoms with Crippen molar-refractivity contribution >= 4 is 22.6 Å². The van der Waals surface area contributed by atoms with Crippen LogP contribution in [0.2, 0.25) is 0 Å². The average Bonchev–Trinajstić information content (AvgIpc) is 2.41. The van der Waals surface area contributed by atoms with Gasteiger partial charge in [0.05, 0.1) is 18.4 Å². The molecule has 0 aliphatic carbocycles. The molecule has 1 aromatic carbocycles. The standard InChI is InChI=1S/C13H16FN3OS/c1-9(7-18-2)15-13-17-16-12(8-19-13)10-5-3-4-6-11(10)14/h3-6,9H,7-8H2,1-2H3,(H,15,17)/t9-/m0/s1. The highest BCUT2D eigenvalue weighted by Crippen LogP contribution is 2.16. The third-order valence-electron chi connectivity index (χ3n) is 2.56. The summed E-state index contributed by atoms with van der Waals surface area (Å²) in [5.74, 6) is 0.351. The van der Waals surface area contributed by atoms with Gasteiger partial charge in [-0.3, -0.25) is 10.4 Å². The van der Waals surface area contributed by atoms with Crippen LogP contribution < -0.4 is 5.43 Å². The van der Waals surface area contributed by atoms with Crippen molar-refractivity contribution in [1.29, 1.82) is 0 Å². The van der Waals surface area contributed by atoms with E-state index in [4.69, 9.17) is 4.74 Å². The molecular weight excluding hydrogens is 265 g/mol. The van der Waals surface area contributed by atoms with Gasteiger partial charge in [0.1, 0.15) is 5.82 Å². The van der Waals surface area contributed by atoms with Crippen molar-refractivity contribution in [2.45, 2.75) is 13.0 Å². The van der Waals surface area contributed by atoms with Crippen molar-refractivity contribution in [3.63, 3.8) is 0 Å². The van der Waals surface area contributed by atoms with Crippen molar-refractivity contribution in [2.24, 2.45) is 10.1 Å². The van der Waals surface area contributed by atoms with E-state index in [0.29, 0.717) is 23.6 Å². The summed E-state index contributed by atoms with van der Waals surface area (Å²) in [6.07, 6.45) is 0. The van der Waals surface area contributed by atoms with E-state index in [2.05, 4.69) is 15.5 Å². The number of benzene rings is 1. The Bertz CT molecular complexity index is 504. The molecule has 1 aliphatic heterocycles. The summed E-state index contributed by atoms with van der Waals surface area (Å²) in [5.41, 5.74) is 4.09. The fourth-order valence-corrected chi connectivity index (χ4v) is 2.55. The maximum absolute atomic E-state index is 13.6. The van der Waals surface area contributed by atoms with Crippen LogP contribution in [-0.2, 0) is 4.74 Å². The molecule has 0 fully saturated rings. The predicted octanol–water partition coefficient (Wildman–Crippen LogP) is 2.26. The summed E-state index contributed by atoms with van der Waals surface area (Å²) in [5, 5.41) is 4.93. The van der Waals surface area contributed by atoms with Crippen LogP contribution >= 0.6 is 11.8 Å². The Morgan fingerprint density at radius 3 is 2.95 bits per heavy atom. The topological polar surface area (TPSA) is 46.0 Å². The van der Waals surface area contributed by atoms with E-state index in [-0.39, 0.29) is 11.9 Å². The van der Waals surface area contributed by atoms with Gasteiger partial charge in [-0.1, -0.05) is 30.0 Å². The van der Waals surface area contributed by atoms with Crippen LogP contribution in [0.1, 0.15) is 12.5 Å². The summed E-state index contributed by atoms with van der Waals surface area (Å²) in [4.78, 5) is 4.42. The van der Waals surface area contributed by atoms with Crippen LogP contribution in [0.4, 0.5) is 4.39 Å². The molecular formula is C13H16FN3OS. The number of halogens is 1. The quantitative estimate of drug-likeness (QED) is 0.921. The molecule has 0 radical (unpaired) electrons. The fraction of sp³-hybridized carbons (Fsp3) is 0.385. The molecule has 102 valence electrons. The Labute approximate surface area is 116 Å². The van der Waals surface area contributed by atoms with Gasteiger partial charge in [0.15, 0.2) is 5.17 Å². The lowest BCUT2D eigenvalue weighted by molar-refractivity contribution is 0.186. The van der Waals surface area contributed by atoms with E-state index in [9.17, 15) is 4.39 Å². The molecule has 0 unspecified atom stereocenters. The van der Waals surface area contributed by atoms with E-state index in [1.807, 2.05) is 6.92 Å². The summed E-state index contributed by atoms with van der Waals surface area (Å²) in [6, 6.07) is 6.71. The van der Waals surface area contributed by atoms with Gasteiger partial charge >= 0.3 is 0 Å². The van der Waals surface area contributed by atoms with Crippen molar-refractivity contribution < 1.29 is 9.13 Å². The number of ether oxygens (including phenoxy) is 1. The van der Waals surface area contributed by atoms with Crippen molar-refractivity contribution in [3.8, 4) is 0 Å². The zero-order chi connectivity index (χ0) is 13.7. The Morgan fingerprint density at radius 1 is 1.53 bits per heavy atom. The molecule has 0 aromatic heterocycles. The molecule has 0 saturated heterocycles. The first kappa shape index (κ1) is 14.0. The minimum absolute atomic E-state index is 0.0743. The molecule has 1 aromatic rings. The molecule has 0 bridgehead atoms. The van der Waals surface area contributed by atoms with Crippen molar-refractivity contribution in [3.05, 3.63) is 35.6 Å². The maximum Gasteiger partial charge on any atom is 0.177 e. The summed E-state index contributed by atoms with van der Waals surface area (Å²) >= 11 is 1.51. The number of rotatable bonds is 4. The van der Waals surface area contributed by atoms with Gasteiger partial charge in [-0.2, -0.15) is 5.10 Å². The zero-order valence-electron chi connectivity index (χ0n) is 10.9. The number of thioether (sulfide) groups is 1. The largest absolute Gasteiger partial charge is 0.382 e. The molecule has 2 rings (SSSR count). The highest BCUT2D eigenvalue weighted by molar-refractivity contribution is 8.14. The molecule has 4 nitrogen and oxygen atoms in total. The van der Waals surface area contributed by atoms with Gasteiger partial charge in [0.25, 0.3) is 0 Å². The molecule has 1 heterocycles. The van der Waals surface area contributed by atoms with Crippen LogP contribution in [0.5, 0.6) is 0 Å². The lowest BCUT2D eigenvalue weighted by Gasteiger charge is -2.16. The van der Waals surface area contributed by atoms with Gasteiger partial charge in [0.2, 0.25) is 0 Å². The number of hydrazone groups is 1. The second-order valence-electron chi connectivity index (χ2n) is 4.18. The first-order valence-electron chi connectivity index (χ1n) is 5.97. The minimum atomic E-state index is -0.253. The van der Waals surface area contributed by atoms with Crippen molar-refractivity contribution in [2.75, 3.05) is 19.5 Å². The first-order valence-corrected chi connectivity index (χ1v) is 6.96. The Morgan fingerprint density at radius 2 is 2.32 bits per heavy atom. The fourth-order valence-electron chi connectivity index (χ4n) is 1.69. The molecule has 1 N–H and O–H groups in total. The van der Waals surface area contributed by atoms with Gasteiger partial charge in [-0.25, -0.2) is 4.39 Å². The third-order valence-corrected chi connectivity index (χ3v) is 3.45. The van der Waals surface area contributed by atoms with Gasteiger partial charge in [-0.15, -0.1) is 0 Å². The predicted molar refractivity (Wildman–Crippen MR) is 77.3 cm³/mol. The second kappa shape index (κ2) is 6.68. The Kier molecular flexibility index (Phi) is 4.93. The first-order chi connectivity index (χ1) is 9.20. The lowest BCUT2D eigenvalue weighted by atomic mass is 10.1. The maximum atomic E-state index is 13.6. The van der Waals surface area contributed by atoms with Crippen LogP contribution in [-0.4, -0.2) is 36.4 Å². The lowest BCUT2D eigenvalue weighted by Crippen LogP contribution is -2.27. The van der Waals surface area contributed by atoms with E-state index >= 15 is 0 Å². The zero-order valence-corrected chi connectivity index (χ0v) is 11.7. The molecule has 1 atom stereocenters. The minimum Gasteiger partial charge on any atom is -0.382 e. The average molecular weight is 281 g/mol. The number of nitrogens with zero attached hydrogens (tertiary/aromatic N) is 2. The van der Waals surface area contributed by atoms with E-state index in [1.165, 1.54) is 17.8 Å². The van der Waals surface area contributed by atoms with Gasteiger partial charge in [0, 0.05) is 18.4 Å². The summed E-state index contributed by atoms with van der Waals surface area (Å²) in [6.45, 7) is 2.53. The van der Waals surface area contributed by atoms with E-state index < -0.39 is 0 Å². The molecule has 0 spiro atoms. The molecule has 6 heteroatoms. The smallest absolute Gasteiger partial charge is 0.177 e. The normalized spacial score (nSPS) is 18.9.